The summed E-state index contributed by atoms with van der Waals surface area (Å²) >= 11 is 0. The van der Waals surface area contributed by atoms with Crippen molar-refractivity contribution >= 4 is 5.91 Å². The van der Waals surface area contributed by atoms with Crippen LogP contribution in [0.3, 0.4) is 0 Å². The predicted molar refractivity (Wildman–Crippen MR) is 125 cm³/mol. The second-order valence-electron chi connectivity index (χ2n) is 7.93. The van der Waals surface area contributed by atoms with Gasteiger partial charge in [0.25, 0.3) is 5.91 Å². The van der Waals surface area contributed by atoms with Crippen molar-refractivity contribution in [2.75, 3.05) is 26.9 Å². The highest BCUT2D eigenvalue weighted by Gasteiger charge is 2.21. The molecule has 1 aromatic heterocycles. The first-order valence-electron chi connectivity index (χ1n) is 11.0. The van der Waals surface area contributed by atoms with Gasteiger partial charge in [-0.1, -0.05) is 24.3 Å². The van der Waals surface area contributed by atoms with E-state index in [9.17, 15) is 9.59 Å². The van der Waals surface area contributed by atoms with Gasteiger partial charge in [-0.2, -0.15) is 0 Å². The Morgan fingerprint density at radius 1 is 0.970 bits per heavy atom. The van der Waals surface area contributed by atoms with E-state index >= 15 is 0 Å². The Morgan fingerprint density at radius 2 is 1.70 bits per heavy atom. The van der Waals surface area contributed by atoms with Crippen molar-refractivity contribution in [2.24, 2.45) is 0 Å². The molecule has 1 aliphatic rings. The summed E-state index contributed by atoms with van der Waals surface area (Å²) in [6.07, 6.45) is 2.54. The molecule has 1 amide bonds. The fourth-order valence-corrected chi connectivity index (χ4v) is 3.94. The van der Waals surface area contributed by atoms with Crippen LogP contribution in [0.25, 0.3) is 0 Å². The molecule has 0 aliphatic carbocycles. The fourth-order valence-electron chi connectivity index (χ4n) is 3.94. The van der Waals surface area contributed by atoms with Crippen LogP contribution in [0.4, 0.5) is 0 Å². The number of carbonyl (C=O) groups excluding carboxylic acids is 1. The maximum Gasteiger partial charge on any atom is 0.260 e. The molecule has 0 bridgehead atoms. The molecule has 1 aliphatic heterocycles. The topological polar surface area (TPSA) is 70.0 Å². The molecule has 0 saturated heterocycles. The number of ether oxygens (including phenoxy) is 3. The van der Waals surface area contributed by atoms with Crippen LogP contribution in [0, 0.1) is 6.92 Å². The molecule has 0 radical (unpaired) electrons. The van der Waals surface area contributed by atoms with E-state index in [1.807, 2.05) is 54.0 Å². The predicted octanol–water partition coefficient (Wildman–Crippen LogP) is 3.21. The normalized spacial score (nSPS) is 12.7. The molecule has 33 heavy (non-hydrogen) atoms. The van der Waals surface area contributed by atoms with Gasteiger partial charge in [-0.3, -0.25) is 9.59 Å². The average molecular weight is 449 g/mol. The molecule has 0 unspecified atom stereocenters. The van der Waals surface area contributed by atoms with Crippen LogP contribution in [0.5, 0.6) is 17.2 Å². The molecule has 0 spiro atoms. The number of hydrogen-bond acceptors (Lipinski definition) is 5. The number of rotatable bonds is 8. The van der Waals surface area contributed by atoms with E-state index in [2.05, 4.69) is 6.07 Å². The number of aromatic nitrogens is 1. The smallest absolute Gasteiger partial charge is 0.260 e. The van der Waals surface area contributed by atoms with Gasteiger partial charge < -0.3 is 23.7 Å². The van der Waals surface area contributed by atoms with Gasteiger partial charge in [-0.15, -0.1) is 0 Å². The highest BCUT2D eigenvalue weighted by Crippen LogP contribution is 2.20. The Kier molecular flexibility index (Phi) is 6.98. The van der Waals surface area contributed by atoms with E-state index < -0.39 is 0 Å². The highest BCUT2D eigenvalue weighted by atomic mass is 16.5. The summed E-state index contributed by atoms with van der Waals surface area (Å²) in [4.78, 5) is 26.9. The first-order valence-corrected chi connectivity index (χ1v) is 11.0. The molecule has 0 saturated carbocycles. The fraction of sp³-hybridized carbons (Fsp3) is 0.308. The lowest BCUT2D eigenvalue weighted by molar-refractivity contribution is -0.134. The quantitative estimate of drug-likeness (QED) is 0.529. The number of pyridine rings is 1. The van der Waals surface area contributed by atoms with Crippen LogP contribution >= 0.6 is 0 Å². The largest absolute Gasteiger partial charge is 0.497 e. The molecule has 0 fully saturated rings. The zero-order valence-corrected chi connectivity index (χ0v) is 19.0. The second kappa shape index (κ2) is 10.3. The number of fused-ring (bicyclic) bond motifs is 1. The minimum Gasteiger partial charge on any atom is -0.497 e. The van der Waals surface area contributed by atoms with Crippen molar-refractivity contribution in [3.8, 4) is 17.2 Å². The van der Waals surface area contributed by atoms with Gasteiger partial charge in [0.2, 0.25) is 5.43 Å². The van der Waals surface area contributed by atoms with Gasteiger partial charge in [0.15, 0.2) is 12.4 Å². The Hall–Kier alpha value is -3.74. The summed E-state index contributed by atoms with van der Waals surface area (Å²) in [5.41, 5.74) is 2.86. The van der Waals surface area contributed by atoms with Gasteiger partial charge in [-0.05, 0) is 48.7 Å². The lowest BCUT2D eigenvalue weighted by Gasteiger charge is -2.28. The van der Waals surface area contributed by atoms with Gasteiger partial charge in [-0.25, -0.2) is 0 Å². The third-order valence-electron chi connectivity index (χ3n) is 5.87. The molecule has 7 nitrogen and oxygen atoms in total. The third-order valence-corrected chi connectivity index (χ3v) is 5.87. The van der Waals surface area contributed by atoms with Crippen molar-refractivity contribution in [3.05, 3.63) is 87.8 Å². The molecule has 3 aromatic rings. The van der Waals surface area contributed by atoms with Crippen molar-refractivity contribution < 1.29 is 19.0 Å². The number of benzene rings is 2. The molecular formula is C26H28N2O5. The van der Waals surface area contributed by atoms with Gasteiger partial charge in [0.05, 0.1) is 19.3 Å². The average Bonchev–Trinajstić information content (AvgIpc) is 2.85. The second-order valence-corrected chi connectivity index (χ2v) is 7.93. The lowest BCUT2D eigenvalue weighted by Crippen LogP contribution is -2.39. The lowest BCUT2D eigenvalue weighted by atomic mass is 10.00. The zero-order chi connectivity index (χ0) is 23.2. The molecule has 0 atom stereocenters. The first kappa shape index (κ1) is 22.5. The van der Waals surface area contributed by atoms with Gasteiger partial charge in [0, 0.05) is 25.4 Å². The summed E-state index contributed by atoms with van der Waals surface area (Å²) in [5.74, 6) is 1.58. The van der Waals surface area contributed by atoms with Crippen LogP contribution in [-0.2, 0) is 24.3 Å². The Morgan fingerprint density at radius 3 is 2.45 bits per heavy atom. The van der Waals surface area contributed by atoms with E-state index in [4.69, 9.17) is 14.2 Å². The van der Waals surface area contributed by atoms with Crippen LogP contribution in [-0.4, -0.2) is 42.2 Å². The first-order chi connectivity index (χ1) is 16.0. The minimum absolute atomic E-state index is 0.124. The van der Waals surface area contributed by atoms with Gasteiger partial charge in [0.1, 0.15) is 18.1 Å². The summed E-state index contributed by atoms with van der Waals surface area (Å²) in [6, 6.07) is 17.0. The number of amides is 1. The summed E-state index contributed by atoms with van der Waals surface area (Å²) < 4.78 is 18.5. The number of nitrogens with zero attached hydrogens (tertiary/aromatic N) is 2. The summed E-state index contributed by atoms with van der Waals surface area (Å²) in [6.45, 7) is 3.82. The molecule has 2 heterocycles. The molecule has 4 rings (SSSR count). The van der Waals surface area contributed by atoms with E-state index in [0.29, 0.717) is 31.9 Å². The molecule has 172 valence electrons. The maximum atomic E-state index is 12.7. The summed E-state index contributed by atoms with van der Waals surface area (Å²) in [5, 5.41) is 0. The van der Waals surface area contributed by atoms with Crippen LogP contribution < -0.4 is 19.6 Å². The SMILES string of the molecule is COc1ccc(OCCn2ccc(=O)c(OCC(=O)N3CCc4ccccc4C3)c2C)cc1. The third kappa shape index (κ3) is 5.37. The van der Waals surface area contributed by atoms with Crippen molar-refractivity contribution in [1.29, 1.82) is 0 Å². The van der Waals surface area contributed by atoms with Crippen LogP contribution in [0.1, 0.15) is 16.8 Å². The van der Waals surface area contributed by atoms with E-state index in [1.165, 1.54) is 11.6 Å². The molecule has 2 aromatic carbocycles. The Balaban J connectivity index is 1.34. The molecular weight excluding hydrogens is 420 g/mol. The number of carbonyl (C=O) groups is 1. The van der Waals surface area contributed by atoms with Gasteiger partial charge >= 0.3 is 0 Å². The maximum absolute atomic E-state index is 12.7. The molecule has 0 N–H and O–H groups in total. The zero-order valence-electron chi connectivity index (χ0n) is 19.0. The van der Waals surface area contributed by atoms with Crippen molar-refractivity contribution in [3.63, 3.8) is 0 Å². The van der Waals surface area contributed by atoms with Crippen molar-refractivity contribution in [1.82, 2.24) is 9.47 Å². The van der Waals surface area contributed by atoms with Crippen LogP contribution in [0.2, 0.25) is 0 Å². The highest BCUT2D eigenvalue weighted by molar-refractivity contribution is 5.78. The monoisotopic (exact) mass is 448 g/mol. The Labute approximate surface area is 193 Å². The van der Waals surface area contributed by atoms with Crippen LogP contribution in [0.15, 0.2) is 65.6 Å². The van der Waals surface area contributed by atoms with E-state index in [0.717, 1.165) is 23.5 Å². The summed E-state index contributed by atoms with van der Waals surface area (Å²) in [7, 11) is 1.62. The number of methoxy groups -OCH3 is 1. The standard InChI is InChI=1S/C26H28N2O5/c1-19-26(33-18-25(30)28-13-11-20-5-3-4-6-21(20)17-28)24(29)12-14-27(19)15-16-32-23-9-7-22(31-2)8-10-23/h3-10,12,14H,11,13,15-18H2,1-2H3. The van der Waals surface area contributed by atoms with Crippen molar-refractivity contribution in [2.45, 2.75) is 26.4 Å². The Bertz CT molecular complexity index is 1170. The minimum atomic E-state index is -0.239. The van der Waals surface area contributed by atoms with E-state index in [-0.39, 0.29) is 23.7 Å². The molecule has 7 heteroatoms. The van der Waals surface area contributed by atoms with E-state index in [1.54, 1.807) is 18.2 Å². The number of hydrogen-bond donors (Lipinski definition) is 0.